The van der Waals surface area contributed by atoms with Gasteiger partial charge in [-0.1, -0.05) is 13.3 Å². The molecule has 2 rings (SSSR count). The summed E-state index contributed by atoms with van der Waals surface area (Å²) in [6, 6.07) is 0. The summed E-state index contributed by atoms with van der Waals surface area (Å²) in [5.74, 6) is 0.711. The van der Waals surface area contributed by atoms with E-state index in [0.717, 1.165) is 6.42 Å². The van der Waals surface area contributed by atoms with Crippen molar-refractivity contribution in [3.05, 3.63) is 16.6 Å². The molecule has 0 aromatic carbocycles. The van der Waals surface area contributed by atoms with Gasteiger partial charge in [0.25, 0.3) is 0 Å². The van der Waals surface area contributed by atoms with E-state index in [9.17, 15) is 0 Å². The van der Waals surface area contributed by atoms with Gasteiger partial charge >= 0.3 is 0 Å². The second-order valence-corrected chi connectivity index (χ2v) is 4.48. The van der Waals surface area contributed by atoms with Crippen molar-refractivity contribution in [3.63, 3.8) is 0 Å². The van der Waals surface area contributed by atoms with Gasteiger partial charge in [0.2, 0.25) is 0 Å². The highest BCUT2D eigenvalue weighted by Crippen LogP contribution is 2.52. The van der Waals surface area contributed by atoms with Crippen LogP contribution in [0.5, 0.6) is 0 Å². The average Bonchev–Trinajstić information content (AvgIpc) is 2.57. The van der Waals surface area contributed by atoms with Gasteiger partial charge in [0.1, 0.15) is 0 Å². The molecule has 2 atom stereocenters. The Morgan fingerprint density at radius 3 is 3.25 bits per heavy atom. The fourth-order valence-electron chi connectivity index (χ4n) is 1.80. The topological polar surface area (TPSA) is 38.9 Å². The zero-order chi connectivity index (χ0) is 8.60. The molecule has 12 heavy (non-hydrogen) atoms. The van der Waals surface area contributed by atoms with Crippen LogP contribution in [-0.4, -0.2) is 4.98 Å². The van der Waals surface area contributed by atoms with Crippen LogP contribution in [0.3, 0.4) is 0 Å². The molecule has 0 radical (unpaired) electrons. The van der Waals surface area contributed by atoms with Crippen molar-refractivity contribution >= 4 is 11.3 Å². The van der Waals surface area contributed by atoms with Crippen LogP contribution < -0.4 is 5.73 Å². The Balaban J connectivity index is 2.07. The normalized spacial score (nSPS) is 33.7. The first kappa shape index (κ1) is 8.20. The lowest BCUT2D eigenvalue weighted by Gasteiger charge is -2.06. The van der Waals surface area contributed by atoms with Gasteiger partial charge in [-0.15, -0.1) is 11.3 Å². The summed E-state index contributed by atoms with van der Waals surface area (Å²) in [5, 5.41) is 0. The Morgan fingerprint density at radius 2 is 2.67 bits per heavy atom. The Kier molecular flexibility index (Phi) is 1.93. The molecule has 1 aromatic heterocycles. The maximum Gasteiger partial charge on any atom is 0.0794 e. The molecule has 0 spiro atoms. The molecule has 3 heteroatoms. The van der Waals surface area contributed by atoms with Crippen LogP contribution in [-0.2, 0) is 5.54 Å². The van der Waals surface area contributed by atoms with E-state index < -0.39 is 0 Å². The summed E-state index contributed by atoms with van der Waals surface area (Å²) in [5.41, 5.74) is 8.08. The third kappa shape index (κ3) is 1.17. The summed E-state index contributed by atoms with van der Waals surface area (Å²) < 4.78 is 0. The Hall–Kier alpha value is -0.410. The van der Waals surface area contributed by atoms with Gasteiger partial charge in [-0.3, -0.25) is 4.98 Å². The van der Waals surface area contributed by atoms with Gasteiger partial charge in [-0.2, -0.15) is 0 Å². The monoisotopic (exact) mass is 182 g/mol. The third-order valence-electron chi connectivity index (χ3n) is 2.68. The van der Waals surface area contributed by atoms with E-state index in [0.29, 0.717) is 5.92 Å². The number of nitrogens with two attached hydrogens (primary N) is 1. The molecule has 1 saturated carbocycles. The van der Waals surface area contributed by atoms with E-state index in [4.69, 9.17) is 5.73 Å². The van der Waals surface area contributed by atoms with Crippen LogP contribution in [0, 0.1) is 5.92 Å². The van der Waals surface area contributed by atoms with E-state index in [1.54, 1.807) is 11.3 Å². The van der Waals surface area contributed by atoms with Crippen molar-refractivity contribution in [2.75, 3.05) is 0 Å². The highest BCUT2D eigenvalue weighted by atomic mass is 32.1. The molecule has 2 nitrogen and oxygen atoms in total. The molecule has 1 aliphatic rings. The van der Waals surface area contributed by atoms with E-state index in [-0.39, 0.29) is 5.54 Å². The summed E-state index contributed by atoms with van der Waals surface area (Å²) >= 11 is 1.69. The number of hydrogen-bond donors (Lipinski definition) is 1. The summed E-state index contributed by atoms with van der Waals surface area (Å²) in [6.07, 6.45) is 5.57. The molecule has 0 aliphatic heterocycles. The first-order chi connectivity index (χ1) is 5.77. The highest BCUT2D eigenvalue weighted by Gasteiger charge is 2.52. The number of aromatic nitrogens is 1. The fourth-order valence-corrected chi connectivity index (χ4v) is 2.63. The van der Waals surface area contributed by atoms with Gasteiger partial charge in [-0.05, 0) is 18.8 Å². The van der Waals surface area contributed by atoms with Crippen LogP contribution in [0.2, 0.25) is 0 Å². The van der Waals surface area contributed by atoms with E-state index in [1.807, 2.05) is 11.7 Å². The molecule has 2 N–H and O–H groups in total. The van der Waals surface area contributed by atoms with Gasteiger partial charge in [0.15, 0.2) is 0 Å². The fraction of sp³-hybridized carbons (Fsp3) is 0.667. The van der Waals surface area contributed by atoms with E-state index in [1.165, 1.54) is 17.7 Å². The minimum atomic E-state index is -0.00280. The number of hydrogen-bond acceptors (Lipinski definition) is 3. The lowest BCUT2D eigenvalue weighted by Crippen LogP contribution is -2.20. The van der Waals surface area contributed by atoms with Crippen LogP contribution in [0.1, 0.15) is 31.1 Å². The molecular weight excluding hydrogens is 168 g/mol. The molecule has 1 aliphatic carbocycles. The lowest BCUT2D eigenvalue weighted by atomic mass is 10.1. The molecule has 1 aromatic rings. The highest BCUT2D eigenvalue weighted by molar-refractivity contribution is 7.09. The lowest BCUT2D eigenvalue weighted by molar-refractivity contribution is 0.590. The minimum absolute atomic E-state index is 0.00280. The predicted octanol–water partition coefficient (Wildman–Crippen LogP) is 2.12. The average molecular weight is 182 g/mol. The van der Waals surface area contributed by atoms with Gasteiger partial charge in [0.05, 0.1) is 11.0 Å². The molecule has 0 amide bonds. The first-order valence-corrected chi connectivity index (χ1v) is 5.33. The van der Waals surface area contributed by atoms with E-state index >= 15 is 0 Å². The van der Waals surface area contributed by atoms with Gasteiger partial charge in [-0.25, -0.2) is 0 Å². The van der Waals surface area contributed by atoms with Crippen molar-refractivity contribution in [1.82, 2.24) is 4.98 Å². The van der Waals surface area contributed by atoms with Crippen molar-refractivity contribution in [2.45, 2.75) is 31.7 Å². The standard InChI is InChI=1S/C9H14N2S/c1-2-3-7-4-9(7,10)8-5-11-6-12-8/h5-7H,2-4,10H2,1H3. The molecule has 1 heterocycles. The number of nitrogens with zero attached hydrogens (tertiary/aromatic N) is 1. The van der Waals surface area contributed by atoms with Crippen LogP contribution >= 0.6 is 11.3 Å². The second kappa shape index (κ2) is 2.82. The van der Waals surface area contributed by atoms with Gasteiger partial charge in [0, 0.05) is 11.1 Å². The van der Waals surface area contributed by atoms with Gasteiger partial charge < -0.3 is 5.73 Å². The maximum absolute atomic E-state index is 6.21. The van der Waals surface area contributed by atoms with Crippen molar-refractivity contribution in [1.29, 1.82) is 0 Å². The molecule has 0 saturated heterocycles. The molecule has 0 bridgehead atoms. The van der Waals surface area contributed by atoms with Crippen molar-refractivity contribution in [2.24, 2.45) is 11.7 Å². The predicted molar refractivity (Wildman–Crippen MR) is 51.0 cm³/mol. The van der Waals surface area contributed by atoms with Crippen LogP contribution in [0.25, 0.3) is 0 Å². The van der Waals surface area contributed by atoms with Crippen molar-refractivity contribution in [3.8, 4) is 0 Å². The zero-order valence-corrected chi connectivity index (χ0v) is 8.10. The van der Waals surface area contributed by atoms with Crippen molar-refractivity contribution < 1.29 is 0 Å². The summed E-state index contributed by atoms with van der Waals surface area (Å²) in [7, 11) is 0. The smallest absolute Gasteiger partial charge is 0.0794 e. The Labute approximate surface area is 76.8 Å². The van der Waals surface area contributed by atoms with E-state index in [2.05, 4.69) is 11.9 Å². The SMILES string of the molecule is CCCC1CC1(N)c1cncs1. The number of rotatable bonds is 3. The molecule has 66 valence electrons. The van der Waals surface area contributed by atoms with Crippen LogP contribution in [0.15, 0.2) is 11.7 Å². The summed E-state index contributed by atoms with van der Waals surface area (Å²) in [6.45, 7) is 2.21. The zero-order valence-electron chi connectivity index (χ0n) is 7.29. The summed E-state index contributed by atoms with van der Waals surface area (Å²) in [4.78, 5) is 5.33. The minimum Gasteiger partial charge on any atom is -0.320 e. The first-order valence-electron chi connectivity index (χ1n) is 4.45. The Bertz CT molecular complexity index is 258. The molecule has 2 unspecified atom stereocenters. The van der Waals surface area contributed by atoms with Crippen LogP contribution in [0.4, 0.5) is 0 Å². The maximum atomic E-state index is 6.21. The second-order valence-electron chi connectivity index (χ2n) is 3.60. The number of thiazole rings is 1. The molecular formula is C9H14N2S. The largest absolute Gasteiger partial charge is 0.320 e. The quantitative estimate of drug-likeness (QED) is 0.777. The third-order valence-corrected chi connectivity index (χ3v) is 3.65. The Morgan fingerprint density at radius 1 is 1.83 bits per heavy atom. The molecule has 1 fully saturated rings.